The summed E-state index contributed by atoms with van der Waals surface area (Å²) in [5, 5.41) is 8.78. The molecule has 4 heteroatoms. The van der Waals surface area contributed by atoms with Crippen LogP contribution in [0.2, 0.25) is 0 Å². The van der Waals surface area contributed by atoms with E-state index in [0.717, 1.165) is 30.9 Å². The number of carbonyl (C=O) groups is 1. The molecule has 3 nitrogen and oxygen atoms in total. The molecular formula is C11H23NO2S. The third-order valence-corrected chi connectivity index (χ3v) is 3.48. The van der Waals surface area contributed by atoms with Gasteiger partial charge in [0.2, 0.25) is 0 Å². The van der Waals surface area contributed by atoms with E-state index in [1.165, 1.54) is 0 Å². The Morgan fingerprint density at radius 1 is 1.47 bits per heavy atom. The Morgan fingerprint density at radius 3 is 2.60 bits per heavy atom. The van der Waals surface area contributed by atoms with Gasteiger partial charge in [-0.1, -0.05) is 13.8 Å². The van der Waals surface area contributed by atoms with Gasteiger partial charge in [0.25, 0.3) is 0 Å². The van der Waals surface area contributed by atoms with Crippen molar-refractivity contribution in [2.75, 3.05) is 24.6 Å². The van der Waals surface area contributed by atoms with Gasteiger partial charge in [0.1, 0.15) is 0 Å². The molecule has 0 rings (SSSR count). The summed E-state index contributed by atoms with van der Waals surface area (Å²) in [7, 11) is 0. The Labute approximate surface area is 97.2 Å². The molecule has 15 heavy (non-hydrogen) atoms. The van der Waals surface area contributed by atoms with Gasteiger partial charge >= 0.3 is 5.97 Å². The average molecular weight is 233 g/mol. The van der Waals surface area contributed by atoms with Crippen LogP contribution in [0, 0.1) is 0 Å². The minimum atomic E-state index is -0.724. The van der Waals surface area contributed by atoms with Gasteiger partial charge in [0, 0.05) is 6.04 Å². The summed E-state index contributed by atoms with van der Waals surface area (Å²) in [5.74, 6) is 1.55. The van der Waals surface area contributed by atoms with E-state index in [4.69, 9.17) is 5.11 Å². The summed E-state index contributed by atoms with van der Waals surface area (Å²) >= 11 is 1.91. The molecule has 1 N–H and O–H groups in total. The molecule has 0 amide bonds. The number of aliphatic carboxylic acids is 1. The number of nitrogens with zero attached hydrogens (tertiary/aromatic N) is 1. The molecule has 0 saturated carbocycles. The fraction of sp³-hybridized carbons (Fsp3) is 0.909. The van der Waals surface area contributed by atoms with Crippen molar-refractivity contribution in [3.8, 4) is 0 Å². The third-order valence-electron chi connectivity index (χ3n) is 2.49. The van der Waals surface area contributed by atoms with Gasteiger partial charge in [-0.2, -0.15) is 11.8 Å². The molecule has 0 aliphatic rings. The Morgan fingerprint density at radius 2 is 2.13 bits per heavy atom. The average Bonchev–Trinajstić information content (AvgIpc) is 2.21. The molecule has 0 fully saturated rings. The van der Waals surface area contributed by atoms with E-state index < -0.39 is 5.97 Å². The highest BCUT2D eigenvalue weighted by Gasteiger charge is 2.14. The van der Waals surface area contributed by atoms with E-state index in [1.54, 1.807) is 0 Å². The number of hydrogen-bond acceptors (Lipinski definition) is 3. The maximum Gasteiger partial charge on any atom is 0.317 e. The first-order chi connectivity index (χ1) is 7.11. The van der Waals surface area contributed by atoms with Crippen LogP contribution in [-0.2, 0) is 4.79 Å². The van der Waals surface area contributed by atoms with Crippen molar-refractivity contribution in [3.63, 3.8) is 0 Å². The van der Waals surface area contributed by atoms with Crippen molar-refractivity contribution in [3.05, 3.63) is 0 Å². The van der Waals surface area contributed by atoms with Crippen LogP contribution in [-0.4, -0.2) is 46.6 Å². The Bertz CT molecular complexity index is 176. The second-order valence-electron chi connectivity index (χ2n) is 3.67. The van der Waals surface area contributed by atoms with Gasteiger partial charge in [-0.3, -0.25) is 9.69 Å². The number of carboxylic acids is 1. The van der Waals surface area contributed by atoms with Crippen LogP contribution >= 0.6 is 11.8 Å². The van der Waals surface area contributed by atoms with Crippen molar-refractivity contribution in [1.82, 2.24) is 4.90 Å². The standard InChI is InChI=1S/C11H23NO2S/c1-4-10(3)12(9-11(13)14)7-6-8-15-5-2/h10H,4-9H2,1-3H3,(H,13,14). The summed E-state index contributed by atoms with van der Waals surface area (Å²) in [6.45, 7) is 7.41. The predicted octanol–water partition coefficient (Wildman–Crippen LogP) is 2.31. The lowest BCUT2D eigenvalue weighted by atomic mass is 10.2. The van der Waals surface area contributed by atoms with Crippen LogP contribution < -0.4 is 0 Å². The third kappa shape index (κ3) is 7.68. The highest BCUT2D eigenvalue weighted by Crippen LogP contribution is 2.07. The zero-order chi connectivity index (χ0) is 11.7. The molecule has 1 atom stereocenters. The molecule has 0 spiro atoms. The monoisotopic (exact) mass is 233 g/mol. The maximum absolute atomic E-state index is 10.7. The smallest absolute Gasteiger partial charge is 0.317 e. The summed E-state index contributed by atoms with van der Waals surface area (Å²) < 4.78 is 0. The zero-order valence-corrected chi connectivity index (χ0v) is 10.8. The predicted molar refractivity (Wildman–Crippen MR) is 66.6 cm³/mol. The molecule has 0 aromatic rings. The topological polar surface area (TPSA) is 40.5 Å². The van der Waals surface area contributed by atoms with E-state index in [-0.39, 0.29) is 6.54 Å². The maximum atomic E-state index is 10.7. The van der Waals surface area contributed by atoms with E-state index in [1.807, 2.05) is 11.8 Å². The lowest BCUT2D eigenvalue weighted by Gasteiger charge is -2.26. The summed E-state index contributed by atoms with van der Waals surface area (Å²) in [5.41, 5.74) is 0. The summed E-state index contributed by atoms with van der Waals surface area (Å²) in [4.78, 5) is 12.7. The van der Waals surface area contributed by atoms with Crippen LogP contribution in [0.25, 0.3) is 0 Å². The molecule has 0 aromatic heterocycles. The van der Waals surface area contributed by atoms with Crippen molar-refractivity contribution < 1.29 is 9.90 Å². The van der Waals surface area contributed by atoms with Crippen LogP contribution in [0.1, 0.15) is 33.6 Å². The molecule has 1 unspecified atom stereocenters. The molecule has 0 saturated heterocycles. The van der Waals surface area contributed by atoms with Gasteiger partial charge in [-0.15, -0.1) is 0 Å². The highest BCUT2D eigenvalue weighted by atomic mass is 32.2. The van der Waals surface area contributed by atoms with Crippen molar-refractivity contribution >= 4 is 17.7 Å². The van der Waals surface area contributed by atoms with Crippen LogP contribution in [0.5, 0.6) is 0 Å². The van der Waals surface area contributed by atoms with Crippen LogP contribution in [0.15, 0.2) is 0 Å². The first-order valence-corrected chi connectivity index (χ1v) is 6.80. The Hall–Kier alpha value is -0.220. The van der Waals surface area contributed by atoms with E-state index in [0.29, 0.717) is 6.04 Å². The number of thioether (sulfide) groups is 1. The van der Waals surface area contributed by atoms with E-state index >= 15 is 0 Å². The lowest BCUT2D eigenvalue weighted by molar-refractivity contribution is -0.138. The van der Waals surface area contributed by atoms with Gasteiger partial charge < -0.3 is 5.11 Å². The van der Waals surface area contributed by atoms with Crippen molar-refractivity contribution in [2.45, 2.75) is 39.7 Å². The minimum absolute atomic E-state index is 0.172. The summed E-state index contributed by atoms with van der Waals surface area (Å²) in [6.07, 6.45) is 2.09. The quantitative estimate of drug-likeness (QED) is 0.620. The fourth-order valence-electron chi connectivity index (χ4n) is 1.40. The summed E-state index contributed by atoms with van der Waals surface area (Å²) in [6, 6.07) is 0.368. The van der Waals surface area contributed by atoms with Crippen LogP contribution in [0.4, 0.5) is 0 Å². The number of rotatable bonds is 9. The Balaban J connectivity index is 3.85. The minimum Gasteiger partial charge on any atom is -0.480 e. The van der Waals surface area contributed by atoms with Crippen molar-refractivity contribution in [2.24, 2.45) is 0 Å². The molecule has 0 aliphatic heterocycles. The lowest BCUT2D eigenvalue weighted by Crippen LogP contribution is -2.37. The van der Waals surface area contributed by atoms with Crippen LogP contribution in [0.3, 0.4) is 0 Å². The second-order valence-corrected chi connectivity index (χ2v) is 5.07. The van der Waals surface area contributed by atoms with Crippen molar-refractivity contribution in [1.29, 1.82) is 0 Å². The highest BCUT2D eigenvalue weighted by molar-refractivity contribution is 7.99. The van der Waals surface area contributed by atoms with E-state index in [9.17, 15) is 4.79 Å². The second kappa shape index (κ2) is 9.04. The van der Waals surface area contributed by atoms with Gasteiger partial charge in [0.05, 0.1) is 6.54 Å². The zero-order valence-electron chi connectivity index (χ0n) is 10.0. The molecule has 0 heterocycles. The first kappa shape index (κ1) is 14.8. The number of carboxylic acid groups (broad SMARTS) is 1. The number of hydrogen-bond donors (Lipinski definition) is 1. The fourth-order valence-corrected chi connectivity index (χ4v) is 2.02. The molecular weight excluding hydrogens is 210 g/mol. The normalized spacial score (nSPS) is 13.1. The Kier molecular flexibility index (Phi) is 8.91. The van der Waals surface area contributed by atoms with Gasteiger partial charge in [0.15, 0.2) is 0 Å². The molecule has 0 radical (unpaired) electrons. The molecule has 0 aliphatic carbocycles. The molecule has 0 aromatic carbocycles. The van der Waals surface area contributed by atoms with E-state index in [2.05, 4.69) is 25.7 Å². The molecule has 90 valence electrons. The molecule has 0 bridgehead atoms. The SMILES string of the molecule is CCSCCCN(CC(=O)O)C(C)CC. The van der Waals surface area contributed by atoms with Gasteiger partial charge in [-0.25, -0.2) is 0 Å². The first-order valence-electron chi connectivity index (χ1n) is 5.65. The largest absolute Gasteiger partial charge is 0.480 e. The van der Waals surface area contributed by atoms with Gasteiger partial charge in [-0.05, 0) is 37.8 Å².